The molecule has 0 saturated carbocycles. The van der Waals surface area contributed by atoms with Crippen molar-refractivity contribution in [1.29, 1.82) is 0 Å². The first-order valence-corrected chi connectivity index (χ1v) is 5.76. The van der Waals surface area contributed by atoms with E-state index in [-0.39, 0.29) is 17.7 Å². The molecule has 1 amide bonds. The first-order chi connectivity index (χ1) is 8.56. The number of nitrogens with one attached hydrogen (secondary N) is 1. The Morgan fingerprint density at radius 1 is 1.44 bits per heavy atom. The van der Waals surface area contributed by atoms with E-state index in [9.17, 15) is 14.4 Å². The smallest absolute Gasteiger partial charge is 0.334 e. The Morgan fingerprint density at radius 2 is 2.17 bits per heavy atom. The molecule has 7 heteroatoms. The molecule has 1 heterocycles. The van der Waals surface area contributed by atoms with Gasteiger partial charge in [0, 0.05) is 24.4 Å². The highest BCUT2D eigenvalue weighted by Crippen LogP contribution is 2.03. The number of hydrogen-bond acceptors (Lipinski definition) is 5. The number of Topliss-reactive ketones (excluding diaryl/α,β-unsaturated/α-hetero) is 1. The summed E-state index contributed by atoms with van der Waals surface area (Å²) in [6.45, 7) is 0. The van der Waals surface area contributed by atoms with Crippen LogP contribution in [0.4, 0.5) is 0 Å². The van der Waals surface area contributed by atoms with Crippen molar-refractivity contribution < 1.29 is 19.5 Å². The SMILES string of the molecule is O=C(CCS)NC(C(=O)O)C(=O)c1cccnc1. The molecule has 0 fully saturated rings. The molecule has 0 aliphatic heterocycles. The van der Waals surface area contributed by atoms with Crippen molar-refractivity contribution in [3.63, 3.8) is 0 Å². The van der Waals surface area contributed by atoms with Crippen molar-refractivity contribution in [2.75, 3.05) is 5.75 Å². The first-order valence-electron chi connectivity index (χ1n) is 5.13. The third-order valence-electron chi connectivity index (χ3n) is 2.10. The highest BCUT2D eigenvalue weighted by atomic mass is 32.1. The Hall–Kier alpha value is -1.89. The number of pyridine rings is 1. The third-order valence-corrected chi connectivity index (χ3v) is 2.32. The van der Waals surface area contributed by atoms with Crippen molar-refractivity contribution in [1.82, 2.24) is 10.3 Å². The van der Waals surface area contributed by atoms with E-state index in [1.165, 1.54) is 24.5 Å². The van der Waals surface area contributed by atoms with Crippen LogP contribution >= 0.6 is 12.6 Å². The van der Waals surface area contributed by atoms with Crippen LogP contribution in [-0.2, 0) is 9.59 Å². The number of carboxylic acids is 1. The maximum absolute atomic E-state index is 11.9. The molecular weight excluding hydrogens is 256 g/mol. The molecule has 1 unspecified atom stereocenters. The quantitative estimate of drug-likeness (QED) is 0.388. The summed E-state index contributed by atoms with van der Waals surface area (Å²) >= 11 is 3.85. The van der Waals surface area contributed by atoms with Gasteiger partial charge in [-0.1, -0.05) is 0 Å². The minimum absolute atomic E-state index is 0.0488. The minimum Gasteiger partial charge on any atom is -0.479 e. The topological polar surface area (TPSA) is 96.4 Å². The van der Waals surface area contributed by atoms with E-state index in [1.807, 2.05) is 0 Å². The normalized spacial score (nSPS) is 11.6. The zero-order valence-electron chi connectivity index (χ0n) is 9.37. The summed E-state index contributed by atoms with van der Waals surface area (Å²) in [6, 6.07) is 1.36. The van der Waals surface area contributed by atoms with E-state index >= 15 is 0 Å². The van der Waals surface area contributed by atoms with Gasteiger partial charge in [0.2, 0.25) is 5.91 Å². The molecule has 1 atom stereocenters. The summed E-state index contributed by atoms with van der Waals surface area (Å²) in [7, 11) is 0. The molecule has 0 aliphatic carbocycles. The Morgan fingerprint density at radius 3 is 2.67 bits per heavy atom. The number of ketones is 1. The molecule has 0 aliphatic rings. The Kier molecular flexibility index (Phi) is 5.31. The number of rotatable bonds is 6. The van der Waals surface area contributed by atoms with Gasteiger partial charge in [-0.15, -0.1) is 0 Å². The average Bonchev–Trinajstić information content (AvgIpc) is 2.36. The lowest BCUT2D eigenvalue weighted by Crippen LogP contribution is -2.46. The molecule has 96 valence electrons. The maximum Gasteiger partial charge on any atom is 0.334 e. The van der Waals surface area contributed by atoms with Gasteiger partial charge in [0.15, 0.2) is 11.8 Å². The van der Waals surface area contributed by atoms with Gasteiger partial charge in [-0.05, 0) is 17.9 Å². The van der Waals surface area contributed by atoms with Crippen LogP contribution in [0.5, 0.6) is 0 Å². The largest absolute Gasteiger partial charge is 0.479 e. The van der Waals surface area contributed by atoms with Crippen molar-refractivity contribution in [3.05, 3.63) is 30.1 Å². The van der Waals surface area contributed by atoms with Gasteiger partial charge < -0.3 is 10.4 Å². The van der Waals surface area contributed by atoms with Crippen LogP contribution in [0.25, 0.3) is 0 Å². The van der Waals surface area contributed by atoms with Crippen molar-refractivity contribution >= 4 is 30.3 Å². The zero-order valence-corrected chi connectivity index (χ0v) is 10.3. The standard InChI is InChI=1S/C11H12N2O4S/c14-8(3-5-18)13-9(11(16)17)10(15)7-2-1-4-12-6-7/h1-2,4,6,9,18H,3,5H2,(H,13,14)(H,16,17). The summed E-state index contributed by atoms with van der Waals surface area (Å²) in [5.74, 6) is -2.37. The number of nitrogens with zero attached hydrogens (tertiary/aromatic N) is 1. The van der Waals surface area contributed by atoms with Crippen molar-refractivity contribution in [2.45, 2.75) is 12.5 Å². The van der Waals surface area contributed by atoms with Crippen molar-refractivity contribution in [3.8, 4) is 0 Å². The van der Waals surface area contributed by atoms with E-state index in [1.54, 1.807) is 0 Å². The minimum atomic E-state index is -1.60. The molecule has 0 spiro atoms. The second kappa shape index (κ2) is 6.75. The van der Waals surface area contributed by atoms with Gasteiger partial charge in [-0.2, -0.15) is 12.6 Å². The van der Waals surface area contributed by atoms with Crippen LogP contribution < -0.4 is 5.32 Å². The van der Waals surface area contributed by atoms with Gasteiger partial charge in [0.1, 0.15) is 0 Å². The average molecular weight is 268 g/mol. The fourth-order valence-electron chi connectivity index (χ4n) is 1.25. The third kappa shape index (κ3) is 3.85. The number of aliphatic carboxylic acids is 1. The molecule has 6 nitrogen and oxygen atoms in total. The first kappa shape index (κ1) is 14.2. The molecule has 0 saturated heterocycles. The number of carbonyl (C=O) groups excluding carboxylic acids is 2. The molecule has 2 N–H and O–H groups in total. The van der Waals surface area contributed by atoms with E-state index in [0.29, 0.717) is 0 Å². The molecule has 0 bridgehead atoms. The summed E-state index contributed by atoms with van der Waals surface area (Å²) in [6.07, 6.45) is 2.77. The second-order valence-electron chi connectivity index (χ2n) is 3.42. The van der Waals surface area contributed by atoms with E-state index < -0.39 is 23.7 Å². The van der Waals surface area contributed by atoms with Gasteiger partial charge in [0.05, 0.1) is 0 Å². The number of thiol groups is 1. The fourth-order valence-corrected chi connectivity index (χ4v) is 1.45. The lowest BCUT2D eigenvalue weighted by molar-refractivity contribution is -0.140. The molecule has 1 aromatic rings. The van der Waals surface area contributed by atoms with Crippen LogP contribution in [-0.4, -0.2) is 39.5 Å². The molecule has 1 aromatic heterocycles. The molecule has 1 rings (SSSR count). The van der Waals surface area contributed by atoms with E-state index in [0.717, 1.165) is 0 Å². The van der Waals surface area contributed by atoms with E-state index in [2.05, 4.69) is 22.9 Å². The zero-order chi connectivity index (χ0) is 13.5. The van der Waals surface area contributed by atoms with Gasteiger partial charge in [-0.3, -0.25) is 14.6 Å². The summed E-state index contributed by atoms with van der Waals surface area (Å²) in [4.78, 5) is 37.9. The summed E-state index contributed by atoms with van der Waals surface area (Å²) in [5.41, 5.74) is 0.135. The lowest BCUT2D eigenvalue weighted by atomic mass is 10.1. The maximum atomic E-state index is 11.9. The summed E-state index contributed by atoms with van der Waals surface area (Å²) in [5, 5.41) is 11.1. The van der Waals surface area contributed by atoms with Crippen LogP contribution in [0.3, 0.4) is 0 Å². The Balaban J connectivity index is 2.83. The fraction of sp³-hybridized carbons (Fsp3) is 0.273. The van der Waals surface area contributed by atoms with Gasteiger partial charge in [-0.25, -0.2) is 4.79 Å². The highest BCUT2D eigenvalue weighted by Gasteiger charge is 2.28. The van der Waals surface area contributed by atoms with Crippen LogP contribution in [0.15, 0.2) is 24.5 Å². The summed E-state index contributed by atoms with van der Waals surface area (Å²) < 4.78 is 0. The van der Waals surface area contributed by atoms with E-state index in [4.69, 9.17) is 5.11 Å². The molecular formula is C11H12N2O4S. The van der Waals surface area contributed by atoms with Crippen LogP contribution in [0, 0.1) is 0 Å². The van der Waals surface area contributed by atoms with Gasteiger partial charge in [0.25, 0.3) is 0 Å². The number of amides is 1. The number of hydrogen-bond donors (Lipinski definition) is 3. The molecule has 0 aromatic carbocycles. The Labute approximate surface area is 109 Å². The number of carbonyl (C=O) groups is 3. The van der Waals surface area contributed by atoms with Gasteiger partial charge >= 0.3 is 5.97 Å². The van der Waals surface area contributed by atoms with Crippen LogP contribution in [0.1, 0.15) is 16.8 Å². The predicted octanol–water partition coefficient (Wildman–Crippen LogP) is 0.154. The monoisotopic (exact) mass is 268 g/mol. The highest BCUT2D eigenvalue weighted by molar-refractivity contribution is 7.80. The molecule has 18 heavy (non-hydrogen) atoms. The molecule has 0 radical (unpaired) electrons. The number of aromatic nitrogens is 1. The predicted molar refractivity (Wildman–Crippen MR) is 66.6 cm³/mol. The second-order valence-corrected chi connectivity index (χ2v) is 3.87. The van der Waals surface area contributed by atoms with Crippen LogP contribution in [0.2, 0.25) is 0 Å². The number of carboxylic acid groups (broad SMARTS) is 1. The lowest BCUT2D eigenvalue weighted by Gasteiger charge is -2.12. The Bertz CT molecular complexity index is 450. The van der Waals surface area contributed by atoms with Crippen molar-refractivity contribution in [2.24, 2.45) is 0 Å².